The van der Waals surface area contributed by atoms with Crippen LogP contribution < -0.4 is 20.1 Å². The largest absolute Gasteiger partial charge is 0.497 e. The molecule has 0 aliphatic heterocycles. The Balaban J connectivity index is 2.16. The second-order valence-electron chi connectivity index (χ2n) is 4.60. The van der Waals surface area contributed by atoms with Crippen molar-refractivity contribution in [1.29, 1.82) is 0 Å². The molecule has 0 atom stereocenters. The molecule has 0 spiro atoms. The van der Waals surface area contributed by atoms with Crippen molar-refractivity contribution in [1.82, 2.24) is 0 Å². The highest BCUT2D eigenvalue weighted by Crippen LogP contribution is 2.28. The van der Waals surface area contributed by atoms with Gasteiger partial charge in [-0.3, -0.25) is 10.1 Å². The molecule has 0 saturated heterocycles. The lowest BCUT2D eigenvalue weighted by molar-refractivity contribution is -0.384. The molecular formula is C15H14ClN3O5. The lowest BCUT2D eigenvalue weighted by Gasteiger charge is -2.11. The predicted octanol–water partition coefficient (Wildman–Crippen LogP) is 3.91. The summed E-state index contributed by atoms with van der Waals surface area (Å²) < 4.78 is 10.2. The van der Waals surface area contributed by atoms with E-state index in [-0.39, 0.29) is 16.4 Å². The normalized spacial score (nSPS) is 9.96. The van der Waals surface area contributed by atoms with Gasteiger partial charge in [-0.05, 0) is 6.07 Å². The molecule has 8 nitrogen and oxygen atoms in total. The SMILES string of the molecule is COc1cc(NC(=O)Nc2cc([N+](=O)[O-])ccc2Cl)cc(OC)c1. The second-order valence-corrected chi connectivity index (χ2v) is 5.01. The fourth-order valence-electron chi connectivity index (χ4n) is 1.89. The fourth-order valence-corrected chi connectivity index (χ4v) is 2.05. The number of amides is 2. The van der Waals surface area contributed by atoms with Crippen LogP contribution in [0.3, 0.4) is 0 Å². The van der Waals surface area contributed by atoms with Gasteiger partial charge in [0.05, 0.1) is 29.9 Å². The van der Waals surface area contributed by atoms with Crippen molar-refractivity contribution < 1.29 is 19.2 Å². The second kappa shape index (κ2) is 7.51. The minimum atomic E-state index is -0.618. The molecule has 2 N–H and O–H groups in total. The molecule has 0 unspecified atom stereocenters. The number of benzene rings is 2. The van der Waals surface area contributed by atoms with Gasteiger partial charge < -0.3 is 20.1 Å². The van der Waals surface area contributed by atoms with Crippen LogP contribution in [0.15, 0.2) is 36.4 Å². The molecule has 24 heavy (non-hydrogen) atoms. The number of nitro benzene ring substituents is 1. The number of hydrogen-bond acceptors (Lipinski definition) is 5. The van der Waals surface area contributed by atoms with Gasteiger partial charge in [-0.15, -0.1) is 0 Å². The summed E-state index contributed by atoms with van der Waals surface area (Å²) in [5, 5.41) is 16.0. The van der Waals surface area contributed by atoms with Crippen LogP contribution in [0.5, 0.6) is 11.5 Å². The van der Waals surface area contributed by atoms with Crippen molar-refractivity contribution >= 4 is 34.7 Å². The van der Waals surface area contributed by atoms with Crippen molar-refractivity contribution in [3.8, 4) is 11.5 Å². The average Bonchev–Trinajstić information content (AvgIpc) is 2.56. The molecule has 2 amide bonds. The molecular weight excluding hydrogens is 338 g/mol. The smallest absolute Gasteiger partial charge is 0.323 e. The number of anilines is 2. The van der Waals surface area contributed by atoms with Gasteiger partial charge in [0.1, 0.15) is 11.5 Å². The number of carbonyl (C=O) groups excluding carboxylic acids is 1. The van der Waals surface area contributed by atoms with Crippen LogP contribution in [-0.4, -0.2) is 25.2 Å². The Bertz CT molecular complexity index is 759. The Kier molecular flexibility index (Phi) is 5.43. The first-order valence-electron chi connectivity index (χ1n) is 6.68. The first kappa shape index (κ1) is 17.4. The molecule has 2 aromatic rings. The Labute approximate surface area is 142 Å². The summed E-state index contributed by atoms with van der Waals surface area (Å²) in [6, 6.07) is 7.98. The van der Waals surface area contributed by atoms with E-state index in [1.807, 2.05) is 0 Å². The Morgan fingerprint density at radius 1 is 1.08 bits per heavy atom. The van der Waals surface area contributed by atoms with Crippen LogP contribution in [0, 0.1) is 10.1 Å². The molecule has 0 aromatic heterocycles. The number of nitrogens with zero attached hydrogens (tertiary/aromatic N) is 1. The van der Waals surface area contributed by atoms with Crippen LogP contribution in [0.1, 0.15) is 0 Å². The summed E-state index contributed by atoms with van der Waals surface area (Å²) in [5.41, 5.74) is 0.362. The van der Waals surface area contributed by atoms with E-state index in [0.717, 1.165) is 0 Å². The van der Waals surface area contributed by atoms with Crippen LogP contribution in [0.25, 0.3) is 0 Å². The minimum absolute atomic E-state index is 0.123. The van der Waals surface area contributed by atoms with Gasteiger partial charge >= 0.3 is 6.03 Å². The number of rotatable bonds is 5. The van der Waals surface area contributed by atoms with Crippen molar-refractivity contribution in [2.45, 2.75) is 0 Å². The highest BCUT2D eigenvalue weighted by atomic mass is 35.5. The van der Waals surface area contributed by atoms with E-state index in [1.165, 1.54) is 32.4 Å². The monoisotopic (exact) mass is 351 g/mol. The number of non-ortho nitro benzene ring substituents is 1. The maximum absolute atomic E-state index is 12.1. The Hall–Kier alpha value is -3.00. The number of nitrogens with one attached hydrogen (secondary N) is 2. The van der Waals surface area contributed by atoms with Crippen LogP contribution in [0.4, 0.5) is 21.9 Å². The van der Waals surface area contributed by atoms with Crippen LogP contribution in [-0.2, 0) is 0 Å². The summed E-state index contributed by atoms with van der Waals surface area (Å²) in [6.45, 7) is 0. The van der Waals surface area contributed by atoms with Gasteiger partial charge in [-0.1, -0.05) is 11.6 Å². The Morgan fingerprint density at radius 2 is 1.71 bits per heavy atom. The van der Waals surface area contributed by atoms with Crippen LogP contribution >= 0.6 is 11.6 Å². The van der Waals surface area contributed by atoms with Crippen molar-refractivity contribution in [2.75, 3.05) is 24.9 Å². The van der Waals surface area contributed by atoms with Crippen LogP contribution in [0.2, 0.25) is 5.02 Å². The quantitative estimate of drug-likeness (QED) is 0.628. The van der Waals surface area contributed by atoms with Gasteiger partial charge in [0.2, 0.25) is 0 Å². The summed E-state index contributed by atoms with van der Waals surface area (Å²) in [4.78, 5) is 22.3. The lowest BCUT2D eigenvalue weighted by Crippen LogP contribution is -2.19. The number of ether oxygens (including phenoxy) is 2. The van der Waals surface area contributed by atoms with Gasteiger partial charge in [0.15, 0.2) is 0 Å². The highest BCUT2D eigenvalue weighted by Gasteiger charge is 2.13. The first-order chi connectivity index (χ1) is 11.4. The molecule has 0 aliphatic carbocycles. The van der Waals surface area contributed by atoms with Crippen molar-refractivity contribution in [3.63, 3.8) is 0 Å². The van der Waals surface area contributed by atoms with Crippen molar-refractivity contribution in [3.05, 3.63) is 51.5 Å². The lowest BCUT2D eigenvalue weighted by atomic mass is 10.2. The summed E-state index contributed by atoms with van der Waals surface area (Å²) in [7, 11) is 2.98. The molecule has 0 fully saturated rings. The Morgan fingerprint density at radius 3 is 2.25 bits per heavy atom. The molecule has 0 aliphatic rings. The number of halogens is 1. The molecule has 0 heterocycles. The molecule has 126 valence electrons. The molecule has 9 heteroatoms. The summed E-state index contributed by atoms with van der Waals surface area (Å²) in [6.07, 6.45) is 0. The average molecular weight is 352 g/mol. The van der Waals surface area contributed by atoms with E-state index in [0.29, 0.717) is 17.2 Å². The van der Waals surface area contributed by atoms with E-state index in [2.05, 4.69) is 10.6 Å². The molecule has 2 aromatic carbocycles. The third-order valence-electron chi connectivity index (χ3n) is 3.02. The van der Waals surface area contributed by atoms with E-state index in [9.17, 15) is 14.9 Å². The van der Waals surface area contributed by atoms with E-state index < -0.39 is 11.0 Å². The van der Waals surface area contributed by atoms with Gasteiger partial charge in [-0.2, -0.15) is 0 Å². The molecule has 0 bridgehead atoms. The summed E-state index contributed by atoms with van der Waals surface area (Å²) in [5.74, 6) is 0.996. The zero-order valence-electron chi connectivity index (χ0n) is 12.8. The maximum atomic E-state index is 12.1. The van der Waals surface area contributed by atoms with Gasteiger partial charge in [0.25, 0.3) is 5.69 Å². The van der Waals surface area contributed by atoms with E-state index in [1.54, 1.807) is 18.2 Å². The number of methoxy groups -OCH3 is 2. The van der Waals surface area contributed by atoms with E-state index in [4.69, 9.17) is 21.1 Å². The summed E-state index contributed by atoms with van der Waals surface area (Å²) >= 11 is 5.94. The predicted molar refractivity (Wildman–Crippen MR) is 90.3 cm³/mol. The number of carbonyl (C=O) groups is 1. The van der Waals surface area contributed by atoms with Gasteiger partial charge in [-0.25, -0.2) is 4.79 Å². The molecule has 0 saturated carbocycles. The zero-order valence-corrected chi connectivity index (χ0v) is 13.6. The first-order valence-corrected chi connectivity index (χ1v) is 7.05. The molecule has 0 radical (unpaired) electrons. The van der Waals surface area contributed by atoms with Gasteiger partial charge in [0, 0.05) is 36.0 Å². The topological polar surface area (TPSA) is 103 Å². The highest BCUT2D eigenvalue weighted by molar-refractivity contribution is 6.33. The minimum Gasteiger partial charge on any atom is -0.497 e. The molecule has 2 rings (SSSR count). The fraction of sp³-hybridized carbons (Fsp3) is 0.133. The third kappa shape index (κ3) is 4.26. The third-order valence-corrected chi connectivity index (χ3v) is 3.35. The van der Waals surface area contributed by atoms with E-state index >= 15 is 0 Å². The maximum Gasteiger partial charge on any atom is 0.323 e. The zero-order chi connectivity index (χ0) is 17.7. The number of urea groups is 1. The standard InChI is InChI=1S/C15H14ClN3O5/c1-23-11-5-9(6-12(8-11)24-2)17-15(20)18-14-7-10(19(21)22)3-4-13(14)16/h3-8H,1-2H3,(H2,17,18,20). The number of nitro groups is 1. The number of hydrogen-bond donors (Lipinski definition) is 2. The van der Waals surface area contributed by atoms with Crippen molar-refractivity contribution in [2.24, 2.45) is 0 Å².